The van der Waals surface area contributed by atoms with Gasteiger partial charge >= 0.3 is 0 Å². The number of amides is 1. The van der Waals surface area contributed by atoms with Crippen molar-refractivity contribution in [3.8, 4) is 5.75 Å². The Bertz CT molecular complexity index is 428. The molecule has 1 aromatic rings. The van der Waals surface area contributed by atoms with Gasteiger partial charge < -0.3 is 15.8 Å². The highest BCUT2D eigenvalue weighted by Gasteiger charge is 2.18. The van der Waals surface area contributed by atoms with Crippen LogP contribution in [0.25, 0.3) is 0 Å². The summed E-state index contributed by atoms with van der Waals surface area (Å²) in [5.74, 6) is 0.620. The summed E-state index contributed by atoms with van der Waals surface area (Å²) in [6.07, 6.45) is 6.94. The van der Waals surface area contributed by atoms with Gasteiger partial charge in [0.15, 0.2) is 0 Å². The van der Waals surface area contributed by atoms with Gasteiger partial charge in [-0.1, -0.05) is 18.6 Å². The number of rotatable bonds is 6. The van der Waals surface area contributed by atoms with Crippen molar-refractivity contribution in [2.24, 2.45) is 5.73 Å². The monoisotopic (exact) mass is 276 g/mol. The van der Waals surface area contributed by atoms with E-state index in [1.165, 1.54) is 19.3 Å². The van der Waals surface area contributed by atoms with Gasteiger partial charge in [0.1, 0.15) is 5.75 Å². The molecule has 0 saturated heterocycles. The second-order valence-corrected chi connectivity index (χ2v) is 5.27. The zero-order chi connectivity index (χ0) is 14.2. The summed E-state index contributed by atoms with van der Waals surface area (Å²) in [6.45, 7) is 1.19. The Labute approximate surface area is 120 Å². The summed E-state index contributed by atoms with van der Waals surface area (Å²) in [6, 6.07) is 7.47. The first-order valence-electron chi connectivity index (χ1n) is 7.55. The molecule has 3 N–H and O–H groups in total. The zero-order valence-electron chi connectivity index (χ0n) is 11.9. The van der Waals surface area contributed by atoms with Gasteiger partial charge in [-0.05, 0) is 50.8 Å². The average Bonchev–Trinajstić information content (AvgIpc) is 2.49. The first-order valence-corrected chi connectivity index (χ1v) is 7.55. The van der Waals surface area contributed by atoms with Crippen molar-refractivity contribution in [2.75, 3.05) is 13.1 Å². The van der Waals surface area contributed by atoms with Crippen molar-refractivity contribution in [2.45, 2.75) is 44.6 Å². The van der Waals surface area contributed by atoms with E-state index in [0.29, 0.717) is 24.4 Å². The second kappa shape index (κ2) is 7.90. The van der Waals surface area contributed by atoms with Gasteiger partial charge in [-0.15, -0.1) is 0 Å². The van der Waals surface area contributed by atoms with Crippen molar-refractivity contribution < 1.29 is 9.53 Å². The molecule has 0 aromatic heterocycles. The minimum absolute atomic E-state index is 0.0788. The highest BCUT2D eigenvalue weighted by molar-refractivity contribution is 5.96. The van der Waals surface area contributed by atoms with Gasteiger partial charge in [0.05, 0.1) is 11.7 Å². The lowest BCUT2D eigenvalue weighted by atomic mass is 9.97. The topological polar surface area (TPSA) is 64.3 Å². The van der Waals surface area contributed by atoms with E-state index >= 15 is 0 Å². The number of carbonyl (C=O) groups excluding carboxylic acids is 1. The molecule has 110 valence electrons. The molecular weight excluding hydrogens is 252 g/mol. The fraction of sp³-hybridized carbons (Fsp3) is 0.562. The Kier molecular flexibility index (Phi) is 5.87. The van der Waals surface area contributed by atoms with E-state index in [1.54, 1.807) is 0 Å². The van der Waals surface area contributed by atoms with Gasteiger partial charge in [0, 0.05) is 6.54 Å². The van der Waals surface area contributed by atoms with Crippen LogP contribution in [-0.2, 0) is 0 Å². The van der Waals surface area contributed by atoms with E-state index in [9.17, 15) is 4.79 Å². The Morgan fingerprint density at radius 2 is 2.00 bits per heavy atom. The molecule has 0 unspecified atom stereocenters. The van der Waals surface area contributed by atoms with Gasteiger partial charge in [-0.25, -0.2) is 0 Å². The third kappa shape index (κ3) is 4.23. The maximum absolute atomic E-state index is 12.2. The van der Waals surface area contributed by atoms with E-state index < -0.39 is 0 Å². The van der Waals surface area contributed by atoms with Crippen molar-refractivity contribution in [1.82, 2.24) is 5.32 Å². The standard InChI is InChI=1S/C16H24N2O2/c17-11-6-12-18-16(19)14-9-4-5-10-15(14)20-13-7-2-1-3-8-13/h4-5,9-10,13H,1-3,6-8,11-12,17H2,(H,18,19). The Hall–Kier alpha value is -1.55. The lowest BCUT2D eigenvalue weighted by Crippen LogP contribution is -2.27. The Morgan fingerprint density at radius 3 is 2.75 bits per heavy atom. The molecule has 2 rings (SSSR count). The minimum atomic E-state index is -0.0788. The molecule has 1 aliphatic rings. The SMILES string of the molecule is NCCCNC(=O)c1ccccc1OC1CCCCC1. The summed E-state index contributed by atoms with van der Waals surface area (Å²) >= 11 is 0. The molecule has 1 saturated carbocycles. The molecule has 4 nitrogen and oxygen atoms in total. The van der Waals surface area contributed by atoms with Crippen molar-refractivity contribution in [3.05, 3.63) is 29.8 Å². The van der Waals surface area contributed by atoms with Crippen LogP contribution in [0.5, 0.6) is 5.75 Å². The molecule has 1 amide bonds. The quantitative estimate of drug-likeness (QED) is 0.785. The fourth-order valence-electron chi connectivity index (χ4n) is 2.52. The third-order valence-corrected chi connectivity index (χ3v) is 3.64. The summed E-state index contributed by atoms with van der Waals surface area (Å²) in [7, 11) is 0. The van der Waals surface area contributed by atoms with Crippen LogP contribution in [0.2, 0.25) is 0 Å². The summed E-state index contributed by atoms with van der Waals surface area (Å²) in [5.41, 5.74) is 6.05. The lowest BCUT2D eigenvalue weighted by Gasteiger charge is -2.24. The first-order chi connectivity index (χ1) is 9.81. The molecule has 0 radical (unpaired) electrons. The molecule has 1 aliphatic carbocycles. The Balaban J connectivity index is 1.99. The number of nitrogens with one attached hydrogen (secondary N) is 1. The van der Waals surface area contributed by atoms with Gasteiger partial charge in [-0.2, -0.15) is 0 Å². The largest absolute Gasteiger partial charge is 0.490 e. The van der Waals surface area contributed by atoms with Crippen molar-refractivity contribution in [3.63, 3.8) is 0 Å². The van der Waals surface area contributed by atoms with Gasteiger partial charge in [-0.3, -0.25) is 4.79 Å². The predicted octanol–water partition coefficient (Wildman–Crippen LogP) is 2.48. The molecule has 0 bridgehead atoms. The molecule has 0 spiro atoms. The fourth-order valence-corrected chi connectivity index (χ4v) is 2.52. The molecule has 0 heterocycles. The van der Waals surface area contributed by atoms with Crippen molar-refractivity contribution in [1.29, 1.82) is 0 Å². The molecule has 1 fully saturated rings. The number of para-hydroxylation sites is 1. The summed E-state index contributed by atoms with van der Waals surface area (Å²) in [5, 5.41) is 2.88. The lowest BCUT2D eigenvalue weighted by molar-refractivity contribution is 0.0941. The number of benzene rings is 1. The molecule has 4 heteroatoms. The van der Waals surface area contributed by atoms with E-state index in [-0.39, 0.29) is 12.0 Å². The normalized spacial score (nSPS) is 15.8. The van der Waals surface area contributed by atoms with E-state index in [0.717, 1.165) is 19.3 Å². The molecule has 0 aliphatic heterocycles. The van der Waals surface area contributed by atoms with Crippen LogP contribution in [0.4, 0.5) is 0 Å². The van der Waals surface area contributed by atoms with Gasteiger partial charge in [0.2, 0.25) is 0 Å². The second-order valence-electron chi connectivity index (χ2n) is 5.27. The highest BCUT2D eigenvalue weighted by atomic mass is 16.5. The number of hydrogen-bond donors (Lipinski definition) is 2. The zero-order valence-corrected chi connectivity index (χ0v) is 11.9. The summed E-state index contributed by atoms with van der Waals surface area (Å²) in [4.78, 5) is 12.2. The maximum atomic E-state index is 12.2. The molecular formula is C16H24N2O2. The van der Waals surface area contributed by atoms with Crippen LogP contribution in [0, 0.1) is 0 Å². The molecule has 0 atom stereocenters. The molecule has 1 aromatic carbocycles. The highest BCUT2D eigenvalue weighted by Crippen LogP contribution is 2.25. The number of carbonyl (C=O) groups is 1. The maximum Gasteiger partial charge on any atom is 0.255 e. The van der Waals surface area contributed by atoms with Crippen LogP contribution >= 0.6 is 0 Å². The van der Waals surface area contributed by atoms with Crippen LogP contribution in [0.3, 0.4) is 0 Å². The first kappa shape index (κ1) is 14.9. The molecule has 20 heavy (non-hydrogen) atoms. The van der Waals surface area contributed by atoms with E-state index in [1.807, 2.05) is 24.3 Å². The van der Waals surface area contributed by atoms with E-state index in [4.69, 9.17) is 10.5 Å². The van der Waals surface area contributed by atoms with Gasteiger partial charge in [0.25, 0.3) is 5.91 Å². The minimum Gasteiger partial charge on any atom is -0.490 e. The predicted molar refractivity (Wildman–Crippen MR) is 79.9 cm³/mol. The van der Waals surface area contributed by atoms with Crippen LogP contribution in [-0.4, -0.2) is 25.1 Å². The number of ether oxygens (including phenoxy) is 1. The van der Waals surface area contributed by atoms with Crippen LogP contribution in [0.15, 0.2) is 24.3 Å². The third-order valence-electron chi connectivity index (χ3n) is 3.64. The van der Waals surface area contributed by atoms with E-state index in [2.05, 4.69) is 5.32 Å². The van der Waals surface area contributed by atoms with Crippen LogP contribution in [0.1, 0.15) is 48.9 Å². The summed E-state index contributed by atoms with van der Waals surface area (Å²) < 4.78 is 6.03. The Morgan fingerprint density at radius 1 is 1.25 bits per heavy atom. The number of hydrogen-bond acceptors (Lipinski definition) is 3. The van der Waals surface area contributed by atoms with Crippen molar-refractivity contribution >= 4 is 5.91 Å². The average molecular weight is 276 g/mol. The number of nitrogens with two attached hydrogens (primary N) is 1. The smallest absolute Gasteiger partial charge is 0.255 e. The van der Waals surface area contributed by atoms with Crippen LogP contribution < -0.4 is 15.8 Å².